The van der Waals surface area contributed by atoms with Crippen LogP contribution in [-0.2, 0) is 21.1 Å². The van der Waals surface area contributed by atoms with E-state index in [0.717, 1.165) is 0 Å². The molecular formula is CH2NSW-. The van der Waals surface area contributed by atoms with Gasteiger partial charge in [0.1, 0.15) is 0 Å². The van der Waals surface area contributed by atoms with E-state index < -0.39 is 0 Å². The molecule has 0 rings (SSSR count). The van der Waals surface area contributed by atoms with Crippen molar-refractivity contribution in [3.05, 3.63) is 0 Å². The van der Waals surface area contributed by atoms with Crippen LogP contribution in [-0.4, -0.2) is 5.49 Å². The van der Waals surface area contributed by atoms with Crippen molar-refractivity contribution in [1.82, 2.24) is 0 Å². The zero-order valence-electron chi connectivity index (χ0n) is 1.89. The van der Waals surface area contributed by atoms with Crippen LogP contribution < -0.4 is 5.73 Å². The molecule has 0 aromatic carbocycles. The summed E-state index contributed by atoms with van der Waals surface area (Å²) in [5.74, 6) is 0. The van der Waals surface area contributed by atoms with Gasteiger partial charge in [0.2, 0.25) is 0 Å². The predicted octanol–water partition coefficient (Wildman–Crippen LogP) is -0.223. The minimum Gasteiger partial charge on any atom is -0.570 e. The second kappa shape index (κ2) is 9.55. The Labute approximate surface area is 44.8 Å². The Bertz CT molecular complexity index is 15.5. The molecule has 4 heavy (non-hydrogen) atoms. The van der Waals surface area contributed by atoms with Crippen molar-refractivity contribution >= 4 is 17.7 Å². The van der Waals surface area contributed by atoms with E-state index >= 15 is 0 Å². The zero-order valence-corrected chi connectivity index (χ0v) is 5.64. The van der Waals surface area contributed by atoms with Gasteiger partial charge < -0.3 is 23.4 Å². The maximum atomic E-state index is 4.41. The second-order valence-corrected chi connectivity index (χ2v) is 0.354. The van der Waals surface area contributed by atoms with Crippen LogP contribution in [0.5, 0.6) is 0 Å². The van der Waals surface area contributed by atoms with Crippen LogP contribution in [0.3, 0.4) is 0 Å². The summed E-state index contributed by atoms with van der Waals surface area (Å²) in [6.07, 6.45) is 0. The standard InChI is InChI=1S/CH2NS.W/c2-1-3;/h(H2,2,3);/q-1;. The van der Waals surface area contributed by atoms with Crippen LogP contribution in [0.2, 0.25) is 0 Å². The van der Waals surface area contributed by atoms with Gasteiger partial charge in [-0.1, -0.05) is 0 Å². The van der Waals surface area contributed by atoms with Crippen LogP contribution in [0, 0.1) is 0 Å². The van der Waals surface area contributed by atoms with Gasteiger partial charge in [-0.15, -0.1) is 0 Å². The molecule has 0 saturated carbocycles. The summed E-state index contributed by atoms with van der Waals surface area (Å²) in [5, 5.41) is 0. The van der Waals surface area contributed by atoms with E-state index in [2.05, 4.69) is 18.0 Å². The van der Waals surface area contributed by atoms with E-state index in [0.29, 0.717) is 0 Å². The Morgan fingerprint density at radius 2 is 1.75 bits per heavy atom. The van der Waals surface area contributed by atoms with Crippen molar-refractivity contribution in [2.45, 2.75) is 0 Å². The Balaban J connectivity index is 0. The molecule has 0 bridgehead atoms. The van der Waals surface area contributed by atoms with Crippen LogP contribution in [0.25, 0.3) is 0 Å². The number of rotatable bonds is 0. The van der Waals surface area contributed by atoms with Crippen LogP contribution in [0.15, 0.2) is 0 Å². The molecule has 24 valence electrons. The summed E-state index contributed by atoms with van der Waals surface area (Å²) in [5.41, 5.74) is 6.25. The van der Waals surface area contributed by atoms with Gasteiger partial charge in [-0.05, 0) is 0 Å². The molecule has 2 N–H and O–H groups in total. The smallest absolute Gasteiger partial charge is 0 e. The first-order valence-corrected chi connectivity index (χ1v) is 0.901. The van der Waals surface area contributed by atoms with E-state index in [-0.39, 0.29) is 21.1 Å². The number of thiocarbonyl (C=S) groups is 1. The molecule has 0 radical (unpaired) electrons. The summed E-state index contributed by atoms with van der Waals surface area (Å²) in [4.78, 5) is 0. The van der Waals surface area contributed by atoms with Gasteiger partial charge in [-0.2, -0.15) is 0 Å². The van der Waals surface area contributed by atoms with Crippen LogP contribution in [0.1, 0.15) is 0 Å². The SMILES string of the molecule is N[C-]=S.[W]. The number of nitrogens with two attached hydrogens (primary N) is 1. The fourth-order valence-corrected chi connectivity index (χ4v) is 0. The van der Waals surface area contributed by atoms with Crippen LogP contribution >= 0.6 is 12.2 Å². The Morgan fingerprint density at radius 3 is 1.75 bits per heavy atom. The molecule has 0 fully saturated rings. The summed E-state index contributed by atoms with van der Waals surface area (Å²) < 4.78 is 0. The third-order valence-corrected chi connectivity index (χ3v) is 0. The Kier molecular flexibility index (Phi) is 21.1. The van der Waals surface area contributed by atoms with E-state index in [4.69, 9.17) is 0 Å². The molecular weight excluding hydrogens is 242 g/mol. The van der Waals surface area contributed by atoms with Crippen molar-refractivity contribution in [1.29, 1.82) is 0 Å². The molecule has 0 unspecified atom stereocenters. The molecule has 0 aromatic rings. The zero-order chi connectivity index (χ0) is 2.71. The summed E-state index contributed by atoms with van der Waals surface area (Å²) in [6, 6.07) is 0. The second-order valence-electron chi connectivity index (χ2n) is 0.118. The Hall–Kier alpha value is 0.578. The largest absolute Gasteiger partial charge is 0.570 e. The van der Waals surface area contributed by atoms with Gasteiger partial charge in [0.15, 0.2) is 0 Å². The van der Waals surface area contributed by atoms with Gasteiger partial charge in [0.05, 0.1) is 0 Å². The number of hydrogen-bond donors (Lipinski definition) is 1. The summed E-state index contributed by atoms with van der Waals surface area (Å²) >= 11 is 3.92. The minimum atomic E-state index is 0. The molecule has 0 spiro atoms. The van der Waals surface area contributed by atoms with Gasteiger partial charge in [0, 0.05) is 21.1 Å². The maximum Gasteiger partial charge on any atom is 0 e. The molecule has 0 aliphatic carbocycles. The van der Waals surface area contributed by atoms with E-state index in [1.165, 1.54) is 0 Å². The van der Waals surface area contributed by atoms with Crippen LogP contribution in [0.4, 0.5) is 0 Å². The fourth-order valence-electron chi connectivity index (χ4n) is 0. The number of hydrogen-bond acceptors (Lipinski definition) is 1. The topological polar surface area (TPSA) is 26.0 Å². The molecule has 0 atom stereocenters. The molecule has 0 heterocycles. The van der Waals surface area contributed by atoms with E-state index in [9.17, 15) is 0 Å². The predicted molar refractivity (Wildman–Crippen MR) is 16.8 cm³/mol. The summed E-state index contributed by atoms with van der Waals surface area (Å²) in [7, 11) is 0. The van der Waals surface area contributed by atoms with Gasteiger partial charge in [0.25, 0.3) is 0 Å². The molecule has 1 nitrogen and oxygen atoms in total. The first-order chi connectivity index (χ1) is 1.41. The van der Waals surface area contributed by atoms with Gasteiger partial charge in [-0.3, -0.25) is 0 Å². The fraction of sp³-hybridized carbons (Fsp3) is 0. The molecule has 0 aliphatic heterocycles. The van der Waals surface area contributed by atoms with E-state index in [1.54, 1.807) is 0 Å². The summed E-state index contributed by atoms with van der Waals surface area (Å²) in [6.45, 7) is 0. The maximum absolute atomic E-state index is 4.41. The Morgan fingerprint density at radius 1 is 1.75 bits per heavy atom. The van der Waals surface area contributed by atoms with E-state index in [1.807, 2.05) is 5.49 Å². The molecule has 0 amide bonds. The van der Waals surface area contributed by atoms with Gasteiger partial charge in [-0.25, -0.2) is 0 Å². The quantitative estimate of drug-likeness (QED) is 0.362. The molecule has 3 heteroatoms. The van der Waals surface area contributed by atoms with Crippen molar-refractivity contribution in [3.63, 3.8) is 0 Å². The first kappa shape index (κ1) is 8.82. The first-order valence-electron chi connectivity index (χ1n) is 0.493. The van der Waals surface area contributed by atoms with Crippen molar-refractivity contribution < 1.29 is 21.1 Å². The average molecular weight is 244 g/mol. The molecule has 0 aromatic heterocycles. The van der Waals surface area contributed by atoms with Crippen molar-refractivity contribution in [2.75, 3.05) is 0 Å². The average Bonchev–Trinajstić information content (AvgIpc) is 0.918. The minimum absolute atomic E-state index is 0. The third kappa shape index (κ3) is 19.2. The third-order valence-electron chi connectivity index (χ3n) is 0. The monoisotopic (exact) mass is 244 g/mol. The molecule has 0 aliphatic rings. The van der Waals surface area contributed by atoms with Gasteiger partial charge >= 0.3 is 0 Å². The van der Waals surface area contributed by atoms with Crippen molar-refractivity contribution in [3.8, 4) is 0 Å². The molecule has 0 saturated heterocycles. The van der Waals surface area contributed by atoms with Crippen molar-refractivity contribution in [2.24, 2.45) is 5.73 Å². The normalized spacial score (nSPS) is 3.00.